The van der Waals surface area contributed by atoms with Crippen LogP contribution in [0.5, 0.6) is 5.88 Å². The number of ether oxygens (including phenoxy) is 1. The highest BCUT2D eigenvalue weighted by atomic mass is 79.9. The maximum atomic E-state index is 14.1. The molecular formula is C22H16BrF4N3O. The van der Waals surface area contributed by atoms with Gasteiger partial charge in [-0.15, -0.1) is 0 Å². The molecule has 9 heteroatoms. The average Bonchev–Trinajstić information content (AvgIpc) is 3.03. The van der Waals surface area contributed by atoms with E-state index < -0.39 is 17.6 Å². The summed E-state index contributed by atoms with van der Waals surface area (Å²) in [6.07, 6.45) is -4.64. The van der Waals surface area contributed by atoms with Gasteiger partial charge in [-0.25, -0.2) is 9.07 Å². The van der Waals surface area contributed by atoms with Crippen LogP contribution in [0, 0.1) is 19.7 Å². The van der Waals surface area contributed by atoms with Gasteiger partial charge in [0.25, 0.3) is 0 Å². The second-order valence-electron chi connectivity index (χ2n) is 7.06. The minimum atomic E-state index is -4.64. The molecule has 0 fully saturated rings. The quantitative estimate of drug-likeness (QED) is 0.303. The SMILES string of the molecule is Cc1ccc(-n2nc(C)c3c(C(F)(F)F)cc(OCc4ccc(Br)cc4F)nc32)cc1. The molecule has 31 heavy (non-hydrogen) atoms. The molecule has 0 aliphatic heterocycles. The number of nitrogens with zero attached hydrogens (tertiary/aromatic N) is 3. The van der Waals surface area contributed by atoms with Crippen molar-refractivity contribution in [2.24, 2.45) is 0 Å². The molecular weight excluding hydrogens is 478 g/mol. The van der Waals surface area contributed by atoms with Crippen LogP contribution in [-0.2, 0) is 12.8 Å². The molecule has 0 unspecified atom stereocenters. The molecule has 0 atom stereocenters. The van der Waals surface area contributed by atoms with Crippen LogP contribution in [0.4, 0.5) is 17.6 Å². The highest BCUT2D eigenvalue weighted by Gasteiger charge is 2.36. The molecule has 0 aliphatic carbocycles. The minimum absolute atomic E-state index is 0.0162. The number of halogens is 5. The Kier molecular flexibility index (Phi) is 5.47. The molecule has 0 bridgehead atoms. The van der Waals surface area contributed by atoms with E-state index in [0.29, 0.717) is 10.2 Å². The highest BCUT2D eigenvalue weighted by Crippen LogP contribution is 2.38. The lowest BCUT2D eigenvalue weighted by Gasteiger charge is -2.13. The fraction of sp³-hybridized carbons (Fsp3) is 0.182. The Balaban J connectivity index is 1.82. The number of pyridine rings is 1. The van der Waals surface area contributed by atoms with E-state index in [1.54, 1.807) is 18.2 Å². The molecule has 0 saturated heterocycles. The summed E-state index contributed by atoms with van der Waals surface area (Å²) in [6, 6.07) is 12.4. The number of rotatable bonds is 4. The third kappa shape index (κ3) is 4.27. The van der Waals surface area contributed by atoms with Gasteiger partial charge in [0.05, 0.1) is 22.3 Å². The molecule has 160 valence electrons. The lowest BCUT2D eigenvalue weighted by Crippen LogP contribution is -2.09. The van der Waals surface area contributed by atoms with Crippen molar-refractivity contribution in [1.82, 2.24) is 14.8 Å². The van der Waals surface area contributed by atoms with Crippen LogP contribution in [-0.4, -0.2) is 14.8 Å². The zero-order chi connectivity index (χ0) is 22.3. The van der Waals surface area contributed by atoms with Gasteiger partial charge in [0.2, 0.25) is 5.88 Å². The van der Waals surface area contributed by atoms with E-state index in [9.17, 15) is 17.6 Å². The van der Waals surface area contributed by atoms with E-state index in [-0.39, 0.29) is 34.8 Å². The van der Waals surface area contributed by atoms with Gasteiger partial charge in [-0.2, -0.15) is 23.3 Å². The minimum Gasteiger partial charge on any atom is -0.473 e. The first-order valence-electron chi connectivity index (χ1n) is 9.25. The summed E-state index contributed by atoms with van der Waals surface area (Å²) in [5, 5.41) is 4.18. The van der Waals surface area contributed by atoms with Crippen LogP contribution in [0.15, 0.2) is 53.0 Å². The summed E-state index contributed by atoms with van der Waals surface area (Å²) in [5.41, 5.74) is 1.08. The number of fused-ring (bicyclic) bond motifs is 1. The molecule has 2 aromatic heterocycles. The summed E-state index contributed by atoms with van der Waals surface area (Å²) in [5.74, 6) is -0.803. The van der Waals surface area contributed by atoms with E-state index in [4.69, 9.17) is 4.74 Å². The van der Waals surface area contributed by atoms with Crippen LogP contribution in [0.3, 0.4) is 0 Å². The van der Waals surface area contributed by atoms with Crippen molar-refractivity contribution < 1.29 is 22.3 Å². The van der Waals surface area contributed by atoms with Gasteiger partial charge in [0.15, 0.2) is 5.65 Å². The first-order chi connectivity index (χ1) is 14.6. The molecule has 2 heterocycles. The predicted octanol–water partition coefficient (Wildman–Crippen LogP) is 6.54. The smallest absolute Gasteiger partial charge is 0.417 e. The first-order valence-corrected chi connectivity index (χ1v) is 10.0. The number of aryl methyl sites for hydroxylation is 2. The second kappa shape index (κ2) is 7.96. The molecule has 0 amide bonds. The summed E-state index contributed by atoms with van der Waals surface area (Å²) in [6.45, 7) is 3.14. The van der Waals surface area contributed by atoms with Gasteiger partial charge in [-0.1, -0.05) is 39.7 Å². The van der Waals surface area contributed by atoms with Crippen LogP contribution in [0.1, 0.15) is 22.4 Å². The van der Waals surface area contributed by atoms with Gasteiger partial charge in [0.1, 0.15) is 12.4 Å². The zero-order valence-electron chi connectivity index (χ0n) is 16.5. The fourth-order valence-electron chi connectivity index (χ4n) is 3.22. The lowest BCUT2D eigenvalue weighted by molar-refractivity contribution is -0.136. The molecule has 0 spiro atoms. The van der Waals surface area contributed by atoms with Crippen LogP contribution >= 0.6 is 15.9 Å². The maximum absolute atomic E-state index is 14.1. The standard InChI is InChI=1S/C22H16BrF4N3O/c1-12-3-7-16(8-4-12)30-21-20(13(2)29-30)17(22(25,26)27)10-19(28-21)31-11-14-5-6-15(23)9-18(14)24/h3-10H,11H2,1-2H3. The number of aromatic nitrogens is 3. The van der Waals surface area contributed by atoms with Crippen molar-refractivity contribution >= 4 is 27.0 Å². The van der Waals surface area contributed by atoms with Gasteiger partial charge >= 0.3 is 6.18 Å². The zero-order valence-corrected chi connectivity index (χ0v) is 18.1. The Morgan fingerprint density at radius 2 is 1.74 bits per heavy atom. The largest absolute Gasteiger partial charge is 0.473 e. The number of benzene rings is 2. The van der Waals surface area contributed by atoms with E-state index in [1.165, 1.54) is 23.7 Å². The van der Waals surface area contributed by atoms with E-state index >= 15 is 0 Å². The Morgan fingerprint density at radius 1 is 1.03 bits per heavy atom. The Hall–Kier alpha value is -2.94. The molecule has 4 nitrogen and oxygen atoms in total. The van der Waals surface area contributed by atoms with Gasteiger partial charge in [-0.3, -0.25) is 0 Å². The molecule has 0 N–H and O–H groups in total. The number of alkyl halides is 3. The highest BCUT2D eigenvalue weighted by molar-refractivity contribution is 9.10. The first kappa shape index (κ1) is 21.3. The van der Waals surface area contributed by atoms with E-state index in [1.807, 2.05) is 19.1 Å². The average molecular weight is 494 g/mol. The second-order valence-corrected chi connectivity index (χ2v) is 7.98. The maximum Gasteiger partial charge on any atom is 0.417 e. The summed E-state index contributed by atoms with van der Waals surface area (Å²) in [4.78, 5) is 4.28. The normalized spacial score (nSPS) is 11.8. The van der Waals surface area contributed by atoms with Crippen molar-refractivity contribution in [1.29, 1.82) is 0 Å². The third-order valence-electron chi connectivity index (χ3n) is 4.76. The molecule has 2 aromatic carbocycles. The Labute approximate surface area is 183 Å². The summed E-state index contributed by atoms with van der Waals surface area (Å²) < 4.78 is 62.9. The fourth-order valence-corrected chi connectivity index (χ4v) is 3.55. The van der Waals surface area contributed by atoms with Gasteiger partial charge in [-0.05, 0) is 38.1 Å². The van der Waals surface area contributed by atoms with Crippen LogP contribution < -0.4 is 4.74 Å². The van der Waals surface area contributed by atoms with E-state index in [0.717, 1.165) is 11.6 Å². The number of hydrogen-bond acceptors (Lipinski definition) is 3. The van der Waals surface area contributed by atoms with Crippen LogP contribution in [0.2, 0.25) is 0 Å². The van der Waals surface area contributed by atoms with Crippen LogP contribution in [0.25, 0.3) is 16.7 Å². The summed E-state index contributed by atoms with van der Waals surface area (Å²) in [7, 11) is 0. The Morgan fingerprint density at radius 3 is 2.39 bits per heavy atom. The molecule has 4 aromatic rings. The third-order valence-corrected chi connectivity index (χ3v) is 5.26. The lowest BCUT2D eigenvalue weighted by atomic mass is 10.1. The molecule has 0 aliphatic rings. The Bertz CT molecular complexity index is 1270. The summed E-state index contributed by atoms with van der Waals surface area (Å²) >= 11 is 3.16. The number of hydrogen-bond donors (Lipinski definition) is 0. The topological polar surface area (TPSA) is 39.9 Å². The van der Waals surface area contributed by atoms with Crippen molar-refractivity contribution in [3.8, 4) is 11.6 Å². The van der Waals surface area contributed by atoms with Crippen molar-refractivity contribution in [2.75, 3.05) is 0 Å². The monoisotopic (exact) mass is 493 g/mol. The van der Waals surface area contributed by atoms with E-state index in [2.05, 4.69) is 26.0 Å². The van der Waals surface area contributed by atoms with Gasteiger partial charge < -0.3 is 4.74 Å². The van der Waals surface area contributed by atoms with Gasteiger partial charge in [0, 0.05) is 16.1 Å². The predicted molar refractivity (Wildman–Crippen MR) is 112 cm³/mol. The van der Waals surface area contributed by atoms with Crippen molar-refractivity contribution in [3.63, 3.8) is 0 Å². The molecule has 4 rings (SSSR count). The molecule has 0 saturated carbocycles. The molecule has 0 radical (unpaired) electrons. The van der Waals surface area contributed by atoms with Crippen molar-refractivity contribution in [3.05, 3.63) is 81.2 Å². The van der Waals surface area contributed by atoms with Crippen molar-refractivity contribution in [2.45, 2.75) is 26.6 Å².